The quantitative estimate of drug-likeness (QED) is 0.311. The van der Waals surface area contributed by atoms with Gasteiger partial charge in [0.05, 0.1) is 5.56 Å². The molecule has 0 atom stereocenters. The summed E-state index contributed by atoms with van der Waals surface area (Å²) in [7, 11) is 0. The van der Waals surface area contributed by atoms with Gasteiger partial charge in [-0.15, -0.1) is 0 Å². The molecular weight excluding hydrogens is 400 g/mol. The van der Waals surface area contributed by atoms with Gasteiger partial charge in [-0.25, -0.2) is 8.78 Å². The van der Waals surface area contributed by atoms with Crippen molar-refractivity contribution in [2.75, 3.05) is 0 Å². The second-order valence-corrected chi connectivity index (χ2v) is 9.49. The maximum Gasteiger partial charge on any atom is 0.266 e. The molecule has 0 bridgehead atoms. The van der Waals surface area contributed by atoms with Gasteiger partial charge in [-0.3, -0.25) is 0 Å². The SMILES string of the molecule is CCC[C@H]1CC[C@H](CCc2cc(F)c(C#CC3CCC(C=C(F)F)CC3)c(F)c2)CC1. The molecule has 0 spiro atoms. The molecular formula is C27H34F4. The standard InChI is InChI=1S/C27H34F4/c1-2-3-19-4-6-20(7-5-19)10-13-23-16-25(28)24(26(29)17-23)15-14-21-8-11-22(12-9-21)18-27(30)31/h16-22H,2-13H2,1H3/t19-,20-,21?,22?. The maximum atomic E-state index is 14.5. The van der Waals surface area contributed by atoms with E-state index < -0.39 is 17.7 Å². The zero-order valence-electron chi connectivity index (χ0n) is 18.5. The van der Waals surface area contributed by atoms with Crippen LogP contribution in [0.25, 0.3) is 0 Å². The summed E-state index contributed by atoms with van der Waals surface area (Å²) in [5.74, 6) is 5.90. The lowest BCUT2D eigenvalue weighted by molar-refractivity contribution is 0.252. The van der Waals surface area contributed by atoms with Crippen LogP contribution in [0.5, 0.6) is 0 Å². The molecule has 0 heterocycles. The fraction of sp³-hybridized carbons (Fsp3) is 0.630. The molecule has 2 saturated carbocycles. The van der Waals surface area contributed by atoms with Gasteiger partial charge in [0.2, 0.25) is 0 Å². The molecule has 0 saturated heterocycles. The van der Waals surface area contributed by atoms with Crippen molar-refractivity contribution in [3.05, 3.63) is 47.1 Å². The van der Waals surface area contributed by atoms with Crippen LogP contribution in [-0.4, -0.2) is 0 Å². The number of aryl methyl sites for hydroxylation is 1. The van der Waals surface area contributed by atoms with Crippen LogP contribution in [-0.2, 0) is 6.42 Å². The van der Waals surface area contributed by atoms with Gasteiger partial charge in [-0.2, -0.15) is 8.78 Å². The third-order valence-electron chi connectivity index (χ3n) is 7.14. The fourth-order valence-electron chi connectivity index (χ4n) is 5.26. The van der Waals surface area contributed by atoms with E-state index in [0.29, 0.717) is 43.6 Å². The third kappa shape index (κ3) is 7.41. The highest BCUT2D eigenvalue weighted by atomic mass is 19.3. The highest BCUT2D eigenvalue weighted by Crippen LogP contribution is 2.34. The molecule has 1 aromatic rings. The summed E-state index contributed by atoms with van der Waals surface area (Å²) in [4.78, 5) is 0. The van der Waals surface area contributed by atoms with Gasteiger partial charge >= 0.3 is 0 Å². The van der Waals surface area contributed by atoms with Gasteiger partial charge in [0.15, 0.2) is 0 Å². The van der Waals surface area contributed by atoms with Crippen molar-refractivity contribution in [3.63, 3.8) is 0 Å². The minimum atomic E-state index is -1.64. The first-order valence-electron chi connectivity index (χ1n) is 12.0. The summed E-state index contributed by atoms with van der Waals surface area (Å²) in [6.45, 7) is 2.24. The minimum absolute atomic E-state index is 0.00800. The number of allylic oxidation sites excluding steroid dienone is 1. The van der Waals surface area contributed by atoms with E-state index in [1.165, 1.54) is 50.7 Å². The molecule has 2 aliphatic rings. The van der Waals surface area contributed by atoms with E-state index in [4.69, 9.17) is 0 Å². The van der Waals surface area contributed by atoms with Gasteiger partial charge in [-0.1, -0.05) is 57.3 Å². The number of benzene rings is 1. The van der Waals surface area contributed by atoms with E-state index in [1.807, 2.05) is 0 Å². The predicted octanol–water partition coefficient (Wildman–Crippen LogP) is 8.44. The van der Waals surface area contributed by atoms with E-state index in [1.54, 1.807) is 0 Å². The second kappa shape index (κ2) is 11.7. The van der Waals surface area contributed by atoms with Gasteiger partial charge in [-0.05, 0) is 80.1 Å². The van der Waals surface area contributed by atoms with Crippen molar-refractivity contribution in [1.29, 1.82) is 0 Å². The molecule has 0 radical (unpaired) electrons. The molecule has 0 nitrogen and oxygen atoms in total. The average molecular weight is 435 g/mol. The first-order chi connectivity index (χ1) is 14.9. The second-order valence-electron chi connectivity index (χ2n) is 9.49. The van der Waals surface area contributed by atoms with E-state index >= 15 is 0 Å². The molecule has 1 aromatic carbocycles. The van der Waals surface area contributed by atoms with E-state index in [0.717, 1.165) is 18.4 Å². The van der Waals surface area contributed by atoms with E-state index in [2.05, 4.69) is 18.8 Å². The van der Waals surface area contributed by atoms with Crippen molar-refractivity contribution >= 4 is 0 Å². The van der Waals surface area contributed by atoms with Crippen LogP contribution in [0, 0.1) is 47.1 Å². The molecule has 3 rings (SSSR count). The van der Waals surface area contributed by atoms with Crippen LogP contribution in [0.15, 0.2) is 24.3 Å². The Bertz CT molecular complexity index is 773. The highest BCUT2D eigenvalue weighted by Gasteiger charge is 2.21. The number of hydrogen-bond donors (Lipinski definition) is 0. The van der Waals surface area contributed by atoms with Crippen molar-refractivity contribution in [2.24, 2.45) is 23.7 Å². The topological polar surface area (TPSA) is 0 Å². The Morgan fingerprint density at radius 3 is 2.03 bits per heavy atom. The molecule has 0 amide bonds. The summed E-state index contributed by atoms with van der Waals surface area (Å²) in [5, 5.41) is 0. The van der Waals surface area contributed by atoms with Gasteiger partial charge in [0, 0.05) is 5.92 Å². The summed E-state index contributed by atoms with van der Waals surface area (Å²) in [5.41, 5.74) is 0.539. The lowest BCUT2D eigenvalue weighted by atomic mass is 9.78. The first kappa shape index (κ1) is 23.9. The van der Waals surface area contributed by atoms with Crippen LogP contribution in [0.3, 0.4) is 0 Å². The van der Waals surface area contributed by atoms with Crippen LogP contribution in [0.2, 0.25) is 0 Å². The molecule has 2 aliphatic carbocycles. The molecule has 170 valence electrons. The summed E-state index contributed by atoms with van der Waals surface area (Å²) < 4.78 is 53.8. The van der Waals surface area contributed by atoms with Gasteiger partial charge in [0.25, 0.3) is 6.08 Å². The Balaban J connectivity index is 1.52. The lowest BCUT2D eigenvalue weighted by Gasteiger charge is -2.28. The molecule has 0 N–H and O–H groups in total. The normalized spacial score (nSPS) is 26.1. The van der Waals surface area contributed by atoms with Crippen molar-refractivity contribution in [3.8, 4) is 11.8 Å². The Kier molecular flexibility index (Phi) is 9.05. The Morgan fingerprint density at radius 1 is 0.903 bits per heavy atom. The predicted molar refractivity (Wildman–Crippen MR) is 118 cm³/mol. The van der Waals surface area contributed by atoms with Crippen molar-refractivity contribution < 1.29 is 17.6 Å². The average Bonchev–Trinajstić information content (AvgIpc) is 2.74. The summed E-state index contributed by atoms with van der Waals surface area (Å²) >= 11 is 0. The van der Waals surface area contributed by atoms with Crippen molar-refractivity contribution in [1.82, 2.24) is 0 Å². The molecule has 4 heteroatoms. The number of hydrogen-bond acceptors (Lipinski definition) is 0. The first-order valence-corrected chi connectivity index (χ1v) is 12.0. The monoisotopic (exact) mass is 434 g/mol. The highest BCUT2D eigenvalue weighted by molar-refractivity contribution is 5.39. The molecule has 0 aliphatic heterocycles. The molecule has 31 heavy (non-hydrogen) atoms. The molecule has 0 aromatic heterocycles. The van der Waals surface area contributed by atoms with Crippen LogP contribution >= 0.6 is 0 Å². The summed E-state index contributed by atoms with van der Waals surface area (Å²) in [6, 6.07) is 2.86. The molecule has 0 unspecified atom stereocenters. The van der Waals surface area contributed by atoms with Gasteiger partial charge < -0.3 is 0 Å². The fourth-order valence-corrected chi connectivity index (χ4v) is 5.26. The van der Waals surface area contributed by atoms with E-state index in [9.17, 15) is 17.6 Å². The zero-order chi connectivity index (χ0) is 22.2. The third-order valence-corrected chi connectivity index (χ3v) is 7.14. The number of rotatable bonds is 6. The van der Waals surface area contributed by atoms with Crippen LogP contribution in [0.4, 0.5) is 17.6 Å². The molecule has 2 fully saturated rings. The largest absolute Gasteiger partial charge is 0.266 e. The minimum Gasteiger partial charge on any atom is -0.206 e. The maximum absolute atomic E-state index is 14.5. The smallest absolute Gasteiger partial charge is 0.206 e. The van der Waals surface area contributed by atoms with E-state index in [-0.39, 0.29) is 17.4 Å². The van der Waals surface area contributed by atoms with Crippen LogP contribution < -0.4 is 0 Å². The van der Waals surface area contributed by atoms with Gasteiger partial charge in [0.1, 0.15) is 11.6 Å². The summed E-state index contributed by atoms with van der Waals surface area (Å²) in [6.07, 6.45) is 11.3. The Hall–Kier alpha value is -1.76. The van der Waals surface area contributed by atoms with Crippen LogP contribution in [0.1, 0.15) is 88.7 Å². The Labute approximate surface area is 184 Å². The lowest BCUT2D eigenvalue weighted by Crippen LogP contribution is -2.15. The Morgan fingerprint density at radius 2 is 1.48 bits per heavy atom. The van der Waals surface area contributed by atoms with Crippen molar-refractivity contribution in [2.45, 2.75) is 84.0 Å². The zero-order valence-corrected chi connectivity index (χ0v) is 18.5. The number of halogens is 4.